The first-order chi connectivity index (χ1) is 11.2. The average molecular weight is 306 g/mol. The van der Waals surface area contributed by atoms with Crippen LogP contribution in [-0.2, 0) is 6.42 Å². The zero-order valence-corrected chi connectivity index (χ0v) is 12.5. The zero-order chi connectivity index (χ0) is 16.0. The monoisotopic (exact) mass is 306 g/mol. The van der Waals surface area contributed by atoms with E-state index in [1.807, 2.05) is 24.3 Å². The summed E-state index contributed by atoms with van der Waals surface area (Å²) in [4.78, 5) is 24.0. The molecule has 0 radical (unpaired) electrons. The van der Waals surface area contributed by atoms with Crippen molar-refractivity contribution in [3.8, 4) is 17.0 Å². The Morgan fingerprint density at radius 1 is 1.04 bits per heavy atom. The van der Waals surface area contributed by atoms with Crippen LogP contribution in [0.5, 0.6) is 0 Å². The standard InChI is InChI=1S/C18H14N2O3/c1-2-11-3-6-13(7-4-11)20-18(22)15-9-12-5-8-14(21)10-16(12)23-17(15)19-20/h3-10,19H,2H2,1H3. The zero-order valence-electron chi connectivity index (χ0n) is 12.5. The van der Waals surface area contributed by atoms with Crippen LogP contribution in [0, 0.1) is 0 Å². The van der Waals surface area contributed by atoms with Gasteiger partial charge >= 0.3 is 0 Å². The van der Waals surface area contributed by atoms with Crippen LogP contribution in [0.15, 0.2) is 62.5 Å². The first-order valence-corrected chi connectivity index (χ1v) is 7.43. The maximum atomic E-state index is 12.6. The van der Waals surface area contributed by atoms with Crippen molar-refractivity contribution in [2.45, 2.75) is 13.3 Å². The number of benzene rings is 2. The highest BCUT2D eigenvalue weighted by Crippen LogP contribution is 2.24. The minimum absolute atomic E-state index is 0.127. The van der Waals surface area contributed by atoms with E-state index in [-0.39, 0.29) is 11.0 Å². The molecule has 0 amide bonds. The third-order valence-electron chi connectivity index (χ3n) is 3.99. The van der Waals surface area contributed by atoms with Gasteiger partial charge in [-0.05, 0) is 42.3 Å². The first-order valence-electron chi connectivity index (χ1n) is 7.43. The van der Waals surface area contributed by atoms with Crippen molar-refractivity contribution in [1.82, 2.24) is 9.78 Å². The highest BCUT2D eigenvalue weighted by Gasteiger charge is 2.14. The van der Waals surface area contributed by atoms with Crippen molar-refractivity contribution >= 4 is 11.1 Å². The fourth-order valence-corrected chi connectivity index (χ4v) is 2.69. The van der Waals surface area contributed by atoms with Crippen molar-refractivity contribution in [2.75, 3.05) is 0 Å². The number of H-pyrrole nitrogens is 1. The third-order valence-corrected chi connectivity index (χ3v) is 3.99. The third kappa shape index (κ3) is 2.17. The second-order valence-corrected chi connectivity index (χ2v) is 5.46. The summed E-state index contributed by atoms with van der Waals surface area (Å²) < 4.78 is 7.13. The number of nitrogens with one attached hydrogen (secondary N) is 1. The number of aromatic amines is 1. The molecule has 114 valence electrons. The van der Waals surface area contributed by atoms with Gasteiger partial charge in [-0.2, -0.15) is 0 Å². The lowest BCUT2D eigenvalue weighted by Crippen LogP contribution is -2.14. The summed E-state index contributed by atoms with van der Waals surface area (Å²) in [6.07, 6.45) is 0.945. The highest BCUT2D eigenvalue weighted by molar-refractivity contribution is 5.79. The summed E-state index contributed by atoms with van der Waals surface area (Å²) in [5.74, 6) is 0.458. The molecule has 1 aliphatic heterocycles. The number of hydrogen-bond donors (Lipinski definition) is 1. The summed E-state index contributed by atoms with van der Waals surface area (Å²) in [5, 5.41) is 3.42. The summed E-state index contributed by atoms with van der Waals surface area (Å²) >= 11 is 0. The van der Waals surface area contributed by atoms with E-state index in [4.69, 9.17) is 4.42 Å². The molecule has 0 saturated carbocycles. The van der Waals surface area contributed by atoms with E-state index in [0.717, 1.165) is 17.7 Å². The van der Waals surface area contributed by atoms with Crippen molar-refractivity contribution in [3.63, 3.8) is 0 Å². The second-order valence-electron chi connectivity index (χ2n) is 5.46. The molecule has 5 heteroatoms. The van der Waals surface area contributed by atoms with E-state index in [1.165, 1.54) is 22.4 Å². The van der Waals surface area contributed by atoms with E-state index in [1.54, 1.807) is 12.1 Å². The number of fused-ring (bicyclic) bond motifs is 2. The molecule has 1 aliphatic carbocycles. The first kappa shape index (κ1) is 13.6. The van der Waals surface area contributed by atoms with Crippen LogP contribution < -0.4 is 11.0 Å². The molecule has 0 unspecified atom stereocenters. The number of nitrogens with zero attached hydrogens (tertiary/aromatic N) is 1. The molecule has 2 aliphatic rings. The van der Waals surface area contributed by atoms with Crippen LogP contribution in [0.2, 0.25) is 0 Å². The Morgan fingerprint density at radius 2 is 1.83 bits per heavy atom. The molecule has 5 nitrogen and oxygen atoms in total. The van der Waals surface area contributed by atoms with Gasteiger partial charge in [0.05, 0.1) is 5.69 Å². The topological polar surface area (TPSA) is 68.0 Å². The van der Waals surface area contributed by atoms with Gasteiger partial charge < -0.3 is 4.42 Å². The van der Waals surface area contributed by atoms with Gasteiger partial charge in [-0.1, -0.05) is 19.1 Å². The summed E-state index contributed by atoms with van der Waals surface area (Å²) in [6.45, 7) is 2.08. The molecule has 0 spiro atoms. The average Bonchev–Trinajstić information content (AvgIpc) is 2.89. The summed E-state index contributed by atoms with van der Waals surface area (Å²) in [6, 6.07) is 14.0. The lowest BCUT2D eigenvalue weighted by molar-refractivity contribution is 0.598. The van der Waals surface area contributed by atoms with Crippen LogP contribution in [0.1, 0.15) is 12.5 Å². The molecule has 23 heavy (non-hydrogen) atoms. The smallest absolute Gasteiger partial charge is 0.282 e. The number of hydrogen-bond acceptors (Lipinski definition) is 3. The molecule has 1 aromatic heterocycles. The van der Waals surface area contributed by atoms with E-state index < -0.39 is 0 Å². The molecular formula is C18H14N2O3. The van der Waals surface area contributed by atoms with Gasteiger partial charge in [-0.15, -0.1) is 0 Å². The van der Waals surface area contributed by atoms with Crippen LogP contribution in [0.4, 0.5) is 0 Å². The van der Waals surface area contributed by atoms with Crippen molar-refractivity contribution in [2.24, 2.45) is 0 Å². The van der Waals surface area contributed by atoms with E-state index >= 15 is 0 Å². The van der Waals surface area contributed by atoms with Crippen molar-refractivity contribution in [1.29, 1.82) is 0 Å². The lowest BCUT2D eigenvalue weighted by atomic mass is 10.1. The fourth-order valence-electron chi connectivity index (χ4n) is 2.69. The lowest BCUT2D eigenvalue weighted by Gasteiger charge is -2.02. The highest BCUT2D eigenvalue weighted by atomic mass is 16.3. The Labute approximate surface area is 131 Å². The molecular weight excluding hydrogens is 292 g/mol. The molecule has 1 N–H and O–H groups in total. The normalized spacial score (nSPS) is 11.3. The predicted molar refractivity (Wildman–Crippen MR) is 88.4 cm³/mol. The Balaban J connectivity index is 1.96. The molecule has 2 heterocycles. The van der Waals surface area contributed by atoms with Crippen LogP contribution in [0.3, 0.4) is 0 Å². The molecule has 0 bridgehead atoms. The fraction of sp³-hybridized carbons (Fsp3) is 0.111. The Bertz CT molecular complexity index is 1080. The van der Waals surface area contributed by atoms with Gasteiger partial charge in [0.15, 0.2) is 5.43 Å². The molecule has 4 rings (SSSR count). The maximum Gasteiger partial charge on any atom is 0.282 e. The van der Waals surface area contributed by atoms with Gasteiger partial charge in [0, 0.05) is 11.6 Å². The predicted octanol–water partition coefficient (Wildman–Crippen LogP) is 2.94. The Morgan fingerprint density at radius 3 is 2.57 bits per heavy atom. The van der Waals surface area contributed by atoms with E-state index in [9.17, 15) is 9.59 Å². The van der Waals surface area contributed by atoms with Crippen molar-refractivity contribution < 1.29 is 4.42 Å². The molecule has 1 aromatic carbocycles. The van der Waals surface area contributed by atoms with Gasteiger partial charge in [0.25, 0.3) is 5.56 Å². The minimum atomic E-state index is -0.180. The Kier molecular flexibility index (Phi) is 2.94. The van der Waals surface area contributed by atoms with E-state index in [0.29, 0.717) is 16.9 Å². The van der Waals surface area contributed by atoms with Gasteiger partial charge in [0.2, 0.25) is 5.71 Å². The van der Waals surface area contributed by atoms with Crippen molar-refractivity contribution in [3.05, 3.63) is 74.7 Å². The van der Waals surface area contributed by atoms with Gasteiger partial charge in [-0.3, -0.25) is 14.7 Å². The van der Waals surface area contributed by atoms with Gasteiger partial charge in [-0.25, -0.2) is 4.68 Å². The number of aryl methyl sites for hydroxylation is 1. The summed E-state index contributed by atoms with van der Waals surface area (Å²) in [7, 11) is 0. The van der Waals surface area contributed by atoms with Crippen LogP contribution in [-0.4, -0.2) is 9.78 Å². The van der Waals surface area contributed by atoms with Crippen LogP contribution in [0.25, 0.3) is 28.1 Å². The van der Waals surface area contributed by atoms with Gasteiger partial charge in [0.1, 0.15) is 11.1 Å². The Hall–Kier alpha value is -3.08. The number of rotatable bonds is 2. The molecule has 2 aromatic rings. The molecule has 0 saturated heterocycles. The largest absolute Gasteiger partial charge is 0.438 e. The van der Waals surface area contributed by atoms with E-state index in [2.05, 4.69) is 12.0 Å². The second kappa shape index (κ2) is 4.98. The molecule has 0 fully saturated rings. The molecule has 0 atom stereocenters. The maximum absolute atomic E-state index is 12.6. The quantitative estimate of drug-likeness (QED) is 0.619. The van der Waals surface area contributed by atoms with Crippen LogP contribution >= 0.6 is 0 Å². The summed E-state index contributed by atoms with van der Waals surface area (Å²) in [5.41, 5.74) is 2.72. The SMILES string of the molecule is CCc1ccc(-n2[nH]c3oc4cc(=O)ccc-4cc3c2=O)cc1. The minimum Gasteiger partial charge on any atom is -0.438 e. The number of aromatic nitrogens is 2.